The van der Waals surface area contributed by atoms with Gasteiger partial charge in [0, 0.05) is 0 Å². The zero-order valence-electron chi connectivity index (χ0n) is 12.8. The molecule has 0 radical (unpaired) electrons. The number of anilines is 1. The molecule has 1 aromatic rings. The second-order valence-corrected chi connectivity index (χ2v) is 5.00. The predicted molar refractivity (Wildman–Crippen MR) is 81.4 cm³/mol. The largest absolute Gasteiger partial charge is 0.492 e. The minimum absolute atomic E-state index is 0.0731. The van der Waals surface area contributed by atoms with E-state index >= 15 is 0 Å². The van der Waals surface area contributed by atoms with Crippen molar-refractivity contribution in [3.05, 3.63) is 24.3 Å². The monoisotopic (exact) mass is 290 g/mol. The molecule has 1 N–H and O–H groups in total. The maximum absolute atomic E-state index is 12.7. The van der Waals surface area contributed by atoms with Crippen LogP contribution in [-0.4, -0.2) is 30.5 Å². The van der Waals surface area contributed by atoms with Gasteiger partial charge in [-0.3, -0.25) is 14.5 Å². The van der Waals surface area contributed by atoms with Crippen molar-refractivity contribution in [1.82, 2.24) is 5.32 Å². The minimum atomic E-state index is -0.484. The van der Waals surface area contributed by atoms with Crippen LogP contribution in [0.15, 0.2) is 24.3 Å². The first-order valence-corrected chi connectivity index (χ1v) is 7.49. The normalized spacial score (nSPS) is 22.1. The fraction of sp³-hybridized carbons (Fsp3) is 0.500. The summed E-state index contributed by atoms with van der Waals surface area (Å²) in [5.41, 5.74) is 0.671. The molecule has 2 atom stereocenters. The molecular weight excluding hydrogens is 268 g/mol. The molecule has 1 aliphatic rings. The van der Waals surface area contributed by atoms with Crippen LogP contribution in [0.5, 0.6) is 5.75 Å². The summed E-state index contributed by atoms with van der Waals surface area (Å²) in [5, 5.41) is 2.80. The van der Waals surface area contributed by atoms with Crippen LogP contribution < -0.4 is 15.0 Å². The second kappa shape index (κ2) is 6.61. The summed E-state index contributed by atoms with van der Waals surface area (Å²) >= 11 is 0. The van der Waals surface area contributed by atoms with E-state index in [1.165, 1.54) is 0 Å². The zero-order valence-corrected chi connectivity index (χ0v) is 12.8. The van der Waals surface area contributed by atoms with E-state index in [1.54, 1.807) is 4.90 Å². The van der Waals surface area contributed by atoms with Crippen LogP contribution in [0.3, 0.4) is 0 Å². The van der Waals surface area contributed by atoms with E-state index < -0.39 is 12.1 Å². The molecule has 2 rings (SSSR count). The van der Waals surface area contributed by atoms with Crippen LogP contribution in [0.1, 0.15) is 33.6 Å². The third kappa shape index (κ3) is 2.86. The lowest BCUT2D eigenvalue weighted by atomic mass is 10.0. The molecule has 1 aromatic carbocycles. The summed E-state index contributed by atoms with van der Waals surface area (Å²) < 4.78 is 5.61. The average Bonchev–Trinajstić information content (AvgIpc) is 2.50. The van der Waals surface area contributed by atoms with Crippen LogP contribution in [0.2, 0.25) is 0 Å². The van der Waals surface area contributed by atoms with Crippen LogP contribution in [0, 0.1) is 0 Å². The van der Waals surface area contributed by atoms with E-state index in [0.29, 0.717) is 30.9 Å². The van der Waals surface area contributed by atoms with Gasteiger partial charge in [-0.15, -0.1) is 0 Å². The van der Waals surface area contributed by atoms with E-state index in [4.69, 9.17) is 4.74 Å². The van der Waals surface area contributed by atoms with Gasteiger partial charge in [0.1, 0.15) is 17.8 Å². The Hall–Kier alpha value is -2.04. The summed E-state index contributed by atoms with van der Waals surface area (Å²) in [6.45, 7) is 6.20. The van der Waals surface area contributed by atoms with Gasteiger partial charge in [0.2, 0.25) is 11.8 Å². The smallest absolute Gasteiger partial charge is 0.250 e. The maximum atomic E-state index is 12.7. The number of hydrogen-bond acceptors (Lipinski definition) is 3. The van der Waals surface area contributed by atoms with Crippen molar-refractivity contribution in [3.63, 3.8) is 0 Å². The molecule has 1 aliphatic heterocycles. The van der Waals surface area contributed by atoms with Gasteiger partial charge in [-0.25, -0.2) is 0 Å². The molecule has 0 aliphatic carbocycles. The Balaban J connectivity index is 2.46. The highest BCUT2D eigenvalue weighted by Gasteiger charge is 2.40. The standard InChI is InChI=1S/C16H22N2O3/c1-4-11-16(20)18(12(5-2)15(19)17-11)13-9-7-8-10-14(13)21-6-3/h7-12H,4-6H2,1-3H3,(H,17,19). The maximum Gasteiger partial charge on any atom is 0.250 e. The zero-order chi connectivity index (χ0) is 15.4. The van der Waals surface area contributed by atoms with Crippen molar-refractivity contribution >= 4 is 17.5 Å². The number of rotatable bonds is 5. The van der Waals surface area contributed by atoms with Gasteiger partial charge in [-0.1, -0.05) is 26.0 Å². The topological polar surface area (TPSA) is 58.6 Å². The van der Waals surface area contributed by atoms with Crippen molar-refractivity contribution in [3.8, 4) is 5.75 Å². The number of nitrogens with zero attached hydrogens (tertiary/aromatic N) is 1. The van der Waals surface area contributed by atoms with Gasteiger partial charge in [0.15, 0.2) is 0 Å². The number of hydrogen-bond donors (Lipinski definition) is 1. The molecule has 1 fully saturated rings. The molecule has 5 heteroatoms. The highest BCUT2D eigenvalue weighted by Crippen LogP contribution is 2.32. The molecule has 0 aromatic heterocycles. The molecule has 0 bridgehead atoms. The van der Waals surface area contributed by atoms with E-state index in [0.717, 1.165) is 0 Å². The molecular formula is C16H22N2O3. The molecule has 21 heavy (non-hydrogen) atoms. The molecule has 1 saturated heterocycles. The fourth-order valence-electron chi connectivity index (χ4n) is 2.63. The Bertz CT molecular complexity index is 530. The second-order valence-electron chi connectivity index (χ2n) is 5.00. The lowest BCUT2D eigenvalue weighted by Crippen LogP contribution is -2.63. The Kier molecular flexibility index (Phi) is 4.83. The molecule has 1 heterocycles. The van der Waals surface area contributed by atoms with Crippen LogP contribution >= 0.6 is 0 Å². The summed E-state index contributed by atoms with van der Waals surface area (Å²) in [4.78, 5) is 26.5. The summed E-state index contributed by atoms with van der Waals surface area (Å²) in [6, 6.07) is 6.42. The van der Waals surface area contributed by atoms with Crippen molar-refractivity contribution in [2.75, 3.05) is 11.5 Å². The van der Waals surface area contributed by atoms with E-state index in [1.807, 2.05) is 45.0 Å². The van der Waals surface area contributed by atoms with Gasteiger partial charge in [0.25, 0.3) is 0 Å². The number of amides is 2. The Morgan fingerprint density at radius 3 is 2.48 bits per heavy atom. The number of nitrogens with one attached hydrogen (secondary N) is 1. The lowest BCUT2D eigenvalue weighted by Gasteiger charge is -2.38. The Labute approximate surface area is 125 Å². The van der Waals surface area contributed by atoms with Crippen LogP contribution in [0.4, 0.5) is 5.69 Å². The van der Waals surface area contributed by atoms with Crippen molar-refractivity contribution < 1.29 is 14.3 Å². The number of carbonyl (C=O) groups is 2. The SMILES string of the molecule is CCOc1ccccc1N1C(=O)C(CC)NC(=O)C1CC. The average molecular weight is 290 g/mol. The first-order valence-electron chi connectivity index (χ1n) is 7.49. The quantitative estimate of drug-likeness (QED) is 0.903. The van der Waals surface area contributed by atoms with E-state index in [9.17, 15) is 9.59 Å². The lowest BCUT2D eigenvalue weighted by molar-refractivity contribution is -0.134. The van der Waals surface area contributed by atoms with Crippen molar-refractivity contribution in [2.24, 2.45) is 0 Å². The summed E-state index contributed by atoms with van der Waals surface area (Å²) in [5.74, 6) is 0.461. The number of benzene rings is 1. The van der Waals surface area contributed by atoms with Gasteiger partial charge < -0.3 is 10.1 Å². The molecule has 114 valence electrons. The van der Waals surface area contributed by atoms with Crippen molar-refractivity contribution in [1.29, 1.82) is 0 Å². The molecule has 2 amide bonds. The number of ether oxygens (including phenoxy) is 1. The highest BCUT2D eigenvalue weighted by atomic mass is 16.5. The Morgan fingerprint density at radius 1 is 1.14 bits per heavy atom. The van der Waals surface area contributed by atoms with Gasteiger partial charge in [-0.05, 0) is 31.9 Å². The number of piperazine rings is 1. The van der Waals surface area contributed by atoms with Gasteiger partial charge >= 0.3 is 0 Å². The summed E-state index contributed by atoms with van der Waals surface area (Å²) in [7, 11) is 0. The minimum Gasteiger partial charge on any atom is -0.492 e. The van der Waals surface area contributed by atoms with E-state index in [2.05, 4.69) is 5.32 Å². The first kappa shape index (κ1) is 15.4. The molecule has 2 unspecified atom stereocenters. The number of carbonyl (C=O) groups excluding carboxylic acids is 2. The van der Waals surface area contributed by atoms with E-state index in [-0.39, 0.29) is 11.8 Å². The van der Waals surface area contributed by atoms with Crippen LogP contribution in [-0.2, 0) is 9.59 Å². The Morgan fingerprint density at radius 2 is 1.86 bits per heavy atom. The third-order valence-electron chi connectivity index (χ3n) is 3.69. The highest BCUT2D eigenvalue weighted by molar-refractivity contribution is 6.09. The predicted octanol–water partition coefficient (Wildman–Crippen LogP) is 2.11. The summed E-state index contributed by atoms with van der Waals surface area (Å²) in [6.07, 6.45) is 1.14. The van der Waals surface area contributed by atoms with Crippen molar-refractivity contribution in [2.45, 2.75) is 45.7 Å². The van der Waals surface area contributed by atoms with Crippen LogP contribution in [0.25, 0.3) is 0 Å². The van der Waals surface area contributed by atoms with Gasteiger partial charge in [0.05, 0.1) is 12.3 Å². The third-order valence-corrected chi connectivity index (χ3v) is 3.69. The molecule has 0 spiro atoms. The number of para-hydroxylation sites is 2. The molecule has 0 saturated carbocycles. The first-order chi connectivity index (χ1) is 10.1. The fourth-order valence-corrected chi connectivity index (χ4v) is 2.63. The molecule has 5 nitrogen and oxygen atoms in total. The van der Waals surface area contributed by atoms with Gasteiger partial charge in [-0.2, -0.15) is 0 Å².